The molecule has 0 bridgehead atoms. The summed E-state index contributed by atoms with van der Waals surface area (Å²) in [6, 6.07) is 5.02. The summed E-state index contributed by atoms with van der Waals surface area (Å²) in [6.45, 7) is 0. The number of nitro groups is 1. The fourth-order valence-electron chi connectivity index (χ4n) is 1.25. The number of rotatable bonds is 4. The van der Waals surface area contributed by atoms with Crippen LogP contribution in [0.3, 0.4) is 0 Å². The lowest BCUT2D eigenvalue weighted by atomic mass is 10.3. The molecule has 1 aromatic carbocycles. The van der Waals surface area contributed by atoms with Gasteiger partial charge >= 0.3 is 0 Å². The fourth-order valence-corrected chi connectivity index (χ4v) is 2.60. The van der Waals surface area contributed by atoms with E-state index in [0.717, 1.165) is 18.9 Å². The number of hydrogen-bond donors (Lipinski definition) is 1. The van der Waals surface area contributed by atoms with E-state index in [-0.39, 0.29) is 16.6 Å². The van der Waals surface area contributed by atoms with E-state index in [2.05, 4.69) is 4.72 Å². The molecule has 16 heavy (non-hydrogen) atoms. The second-order valence-electron chi connectivity index (χ2n) is 3.65. The van der Waals surface area contributed by atoms with Crippen molar-refractivity contribution >= 4 is 15.7 Å². The summed E-state index contributed by atoms with van der Waals surface area (Å²) < 4.78 is 25.9. The molecule has 0 saturated heterocycles. The Labute approximate surface area is 92.5 Å². The number of hydrogen-bond acceptors (Lipinski definition) is 4. The highest BCUT2D eigenvalue weighted by atomic mass is 32.2. The SMILES string of the molecule is O=[N+]([O-])c1cccc(S(=O)(=O)NC2CC2)c1. The first kappa shape index (κ1) is 11.0. The van der Waals surface area contributed by atoms with E-state index in [9.17, 15) is 18.5 Å². The Hall–Kier alpha value is -1.47. The largest absolute Gasteiger partial charge is 0.270 e. The number of nitrogens with zero attached hydrogens (tertiary/aromatic N) is 1. The van der Waals surface area contributed by atoms with Gasteiger partial charge < -0.3 is 0 Å². The molecule has 0 amide bonds. The van der Waals surface area contributed by atoms with E-state index in [0.29, 0.717) is 0 Å². The lowest BCUT2D eigenvalue weighted by molar-refractivity contribution is -0.385. The fraction of sp³-hybridized carbons (Fsp3) is 0.333. The average Bonchev–Trinajstić information content (AvgIpc) is 3.01. The number of benzene rings is 1. The van der Waals surface area contributed by atoms with Crippen LogP contribution in [0, 0.1) is 10.1 Å². The monoisotopic (exact) mass is 242 g/mol. The first-order valence-electron chi connectivity index (χ1n) is 4.76. The van der Waals surface area contributed by atoms with Crippen molar-refractivity contribution in [2.45, 2.75) is 23.8 Å². The van der Waals surface area contributed by atoms with Gasteiger partial charge in [-0.1, -0.05) is 6.07 Å². The third-order valence-corrected chi connectivity index (χ3v) is 3.76. The second-order valence-corrected chi connectivity index (χ2v) is 5.36. The molecular weight excluding hydrogens is 232 g/mol. The van der Waals surface area contributed by atoms with Gasteiger partial charge in [0.15, 0.2) is 0 Å². The summed E-state index contributed by atoms with van der Waals surface area (Å²) in [4.78, 5) is 9.83. The van der Waals surface area contributed by atoms with Crippen LogP contribution in [0.1, 0.15) is 12.8 Å². The van der Waals surface area contributed by atoms with Gasteiger partial charge in [0.25, 0.3) is 5.69 Å². The molecule has 0 heterocycles. The summed E-state index contributed by atoms with van der Waals surface area (Å²) in [5.74, 6) is 0. The summed E-state index contributed by atoms with van der Waals surface area (Å²) in [6.07, 6.45) is 1.66. The van der Waals surface area contributed by atoms with Crippen LogP contribution in [0.4, 0.5) is 5.69 Å². The minimum Gasteiger partial charge on any atom is -0.258 e. The van der Waals surface area contributed by atoms with Gasteiger partial charge in [0.2, 0.25) is 10.0 Å². The van der Waals surface area contributed by atoms with Gasteiger partial charge in [0.1, 0.15) is 0 Å². The van der Waals surface area contributed by atoms with Gasteiger partial charge in [-0.2, -0.15) is 0 Å². The Morgan fingerprint density at radius 2 is 2.06 bits per heavy atom. The summed E-state index contributed by atoms with van der Waals surface area (Å²) in [5.41, 5.74) is -0.223. The molecule has 1 aromatic rings. The molecule has 0 aromatic heterocycles. The van der Waals surface area contributed by atoms with Gasteiger partial charge in [-0.05, 0) is 18.9 Å². The Kier molecular flexibility index (Phi) is 2.64. The molecule has 0 aliphatic heterocycles. The smallest absolute Gasteiger partial charge is 0.258 e. The van der Waals surface area contributed by atoms with Crippen LogP contribution in [-0.2, 0) is 10.0 Å². The number of nitrogens with one attached hydrogen (secondary N) is 1. The van der Waals surface area contributed by atoms with Gasteiger partial charge in [-0.3, -0.25) is 10.1 Å². The van der Waals surface area contributed by atoms with Crippen molar-refractivity contribution in [2.75, 3.05) is 0 Å². The average molecular weight is 242 g/mol. The molecule has 0 radical (unpaired) electrons. The molecule has 2 rings (SSSR count). The highest BCUT2D eigenvalue weighted by Crippen LogP contribution is 2.23. The first-order chi connectivity index (χ1) is 7.49. The second kappa shape index (κ2) is 3.84. The number of nitro benzene ring substituents is 1. The number of sulfonamides is 1. The molecule has 1 saturated carbocycles. The maximum Gasteiger partial charge on any atom is 0.270 e. The van der Waals surface area contributed by atoms with Crippen molar-refractivity contribution in [2.24, 2.45) is 0 Å². The van der Waals surface area contributed by atoms with E-state index in [1.54, 1.807) is 0 Å². The van der Waals surface area contributed by atoms with Crippen LogP contribution in [-0.4, -0.2) is 19.4 Å². The zero-order valence-corrected chi connectivity index (χ0v) is 9.11. The molecule has 1 N–H and O–H groups in total. The quantitative estimate of drug-likeness (QED) is 0.631. The van der Waals surface area contributed by atoms with Gasteiger partial charge in [-0.15, -0.1) is 0 Å². The van der Waals surface area contributed by atoms with Crippen LogP contribution in [0.5, 0.6) is 0 Å². The summed E-state index contributed by atoms with van der Waals surface area (Å²) in [7, 11) is -3.61. The van der Waals surface area contributed by atoms with Crippen molar-refractivity contribution in [3.63, 3.8) is 0 Å². The number of non-ortho nitro benzene ring substituents is 1. The van der Waals surface area contributed by atoms with E-state index in [1.807, 2.05) is 0 Å². The summed E-state index contributed by atoms with van der Waals surface area (Å²) >= 11 is 0. The van der Waals surface area contributed by atoms with Crippen molar-refractivity contribution in [1.82, 2.24) is 4.72 Å². The Balaban J connectivity index is 2.31. The minimum absolute atomic E-state index is 0.00994. The predicted octanol–water partition coefficient (Wildman–Crippen LogP) is 1.04. The highest BCUT2D eigenvalue weighted by molar-refractivity contribution is 7.89. The zero-order valence-electron chi connectivity index (χ0n) is 8.29. The normalized spacial score (nSPS) is 16.0. The lowest BCUT2D eigenvalue weighted by Crippen LogP contribution is -2.25. The topological polar surface area (TPSA) is 89.3 Å². The Bertz CT molecular complexity index is 522. The van der Waals surface area contributed by atoms with Gasteiger partial charge in [0, 0.05) is 18.2 Å². The standard InChI is InChI=1S/C9H10N2O4S/c12-11(13)8-2-1-3-9(6-8)16(14,15)10-7-4-5-7/h1-3,6-7,10H,4-5H2. The maximum atomic E-state index is 11.7. The third-order valence-electron chi connectivity index (χ3n) is 2.24. The molecule has 86 valence electrons. The summed E-state index contributed by atoms with van der Waals surface area (Å²) in [5, 5.41) is 10.5. The van der Waals surface area contributed by atoms with E-state index in [4.69, 9.17) is 0 Å². The predicted molar refractivity (Wildman–Crippen MR) is 56.4 cm³/mol. The Morgan fingerprint density at radius 1 is 1.38 bits per heavy atom. The van der Waals surface area contributed by atoms with Crippen molar-refractivity contribution < 1.29 is 13.3 Å². The highest BCUT2D eigenvalue weighted by Gasteiger charge is 2.28. The lowest BCUT2D eigenvalue weighted by Gasteiger charge is -2.04. The van der Waals surface area contributed by atoms with Gasteiger partial charge in [0.05, 0.1) is 9.82 Å². The van der Waals surface area contributed by atoms with Crippen LogP contribution in [0.25, 0.3) is 0 Å². The van der Waals surface area contributed by atoms with E-state index < -0.39 is 14.9 Å². The van der Waals surface area contributed by atoms with Crippen molar-refractivity contribution in [3.8, 4) is 0 Å². The Morgan fingerprint density at radius 3 is 2.62 bits per heavy atom. The van der Waals surface area contributed by atoms with Crippen molar-refractivity contribution in [1.29, 1.82) is 0 Å². The molecule has 0 atom stereocenters. The molecule has 1 aliphatic carbocycles. The molecule has 0 spiro atoms. The van der Waals surface area contributed by atoms with E-state index >= 15 is 0 Å². The van der Waals surface area contributed by atoms with Gasteiger partial charge in [-0.25, -0.2) is 13.1 Å². The molecule has 6 nitrogen and oxygen atoms in total. The molecule has 1 fully saturated rings. The first-order valence-corrected chi connectivity index (χ1v) is 6.24. The molecule has 7 heteroatoms. The maximum absolute atomic E-state index is 11.7. The van der Waals surface area contributed by atoms with Crippen LogP contribution in [0.15, 0.2) is 29.2 Å². The van der Waals surface area contributed by atoms with E-state index in [1.165, 1.54) is 18.2 Å². The molecular formula is C9H10N2O4S. The molecule has 0 unspecified atom stereocenters. The van der Waals surface area contributed by atoms with Crippen LogP contribution < -0.4 is 4.72 Å². The zero-order chi connectivity index (χ0) is 11.8. The minimum atomic E-state index is -3.61. The van der Waals surface area contributed by atoms with Crippen LogP contribution >= 0.6 is 0 Å². The third kappa shape index (κ3) is 2.37. The molecule has 1 aliphatic rings. The van der Waals surface area contributed by atoms with Crippen LogP contribution in [0.2, 0.25) is 0 Å². The van der Waals surface area contributed by atoms with Crippen molar-refractivity contribution in [3.05, 3.63) is 34.4 Å².